The van der Waals surface area contributed by atoms with Gasteiger partial charge >= 0.3 is 0 Å². The molecule has 0 amide bonds. The highest BCUT2D eigenvalue weighted by molar-refractivity contribution is 9.10. The van der Waals surface area contributed by atoms with E-state index in [2.05, 4.69) is 21.1 Å². The topological polar surface area (TPSA) is 32.6 Å². The molecule has 0 aliphatic heterocycles. The molecule has 0 spiro atoms. The highest BCUT2D eigenvalue weighted by atomic mass is 79.9. The van der Waals surface area contributed by atoms with Crippen molar-refractivity contribution in [2.75, 3.05) is 0 Å². The minimum Gasteiger partial charge on any atom is -0.410 e. The lowest BCUT2D eigenvalue weighted by molar-refractivity contribution is 0.321. The van der Waals surface area contributed by atoms with Crippen LogP contribution in [0.3, 0.4) is 0 Å². The number of hydrogen-bond acceptors (Lipinski definition) is 2. The molecule has 0 aliphatic carbocycles. The summed E-state index contributed by atoms with van der Waals surface area (Å²) in [6.07, 6.45) is 0. The first-order valence-corrected chi connectivity index (χ1v) is 4.47. The molecule has 1 rings (SSSR count). The Morgan fingerprint density at radius 3 is 2.83 bits per heavy atom. The van der Waals surface area contributed by atoms with E-state index in [1.165, 1.54) is 0 Å². The molecule has 12 heavy (non-hydrogen) atoms. The molecule has 0 fully saturated rings. The zero-order valence-corrected chi connectivity index (χ0v) is 8.72. The van der Waals surface area contributed by atoms with E-state index in [1.807, 2.05) is 19.1 Å². The van der Waals surface area contributed by atoms with Gasteiger partial charge in [0.05, 0.1) is 0 Å². The van der Waals surface area contributed by atoms with Gasteiger partial charge in [-0.05, 0) is 28.4 Å². The van der Waals surface area contributed by atoms with E-state index in [4.69, 9.17) is 16.8 Å². The fourth-order valence-electron chi connectivity index (χ4n) is 0.861. The molecule has 1 N–H and O–H groups in total. The minimum absolute atomic E-state index is 0.0885. The number of benzene rings is 1. The Bertz CT molecular complexity index is 325. The number of hydrogen-bond donors (Lipinski definition) is 1. The molecule has 1 aromatic rings. The second kappa shape index (κ2) is 3.92. The zero-order valence-electron chi connectivity index (χ0n) is 6.38. The molecule has 64 valence electrons. The lowest BCUT2D eigenvalue weighted by atomic mass is 10.1. The smallest absolute Gasteiger partial charge is 0.176 e. The molecular weight excluding hydrogens is 241 g/mol. The summed E-state index contributed by atoms with van der Waals surface area (Å²) in [6, 6.07) is 5.57. The standard InChI is InChI=1S/C8H7BrClNO/c1-5-3-2-4-6(7(5)9)8(10)11-12/h2-4,12H,1H3. The SMILES string of the molecule is Cc1cccc(C(Cl)=NO)c1Br. The summed E-state index contributed by atoms with van der Waals surface area (Å²) >= 11 is 8.98. The van der Waals surface area contributed by atoms with Crippen LogP contribution in [-0.4, -0.2) is 10.4 Å². The highest BCUT2D eigenvalue weighted by Crippen LogP contribution is 2.22. The van der Waals surface area contributed by atoms with Gasteiger partial charge in [0.2, 0.25) is 0 Å². The zero-order chi connectivity index (χ0) is 9.14. The summed E-state index contributed by atoms with van der Waals surface area (Å²) < 4.78 is 0.854. The molecule has 0 aromatic heterocycles. The van der Waals surface area contributed by atoms with E-state index in [0.717, 1.165) is 10.0 Å². The van der Waals surface area contributed by atoms with Crippen molar-refractivity contribution in [3.63, 3.8) is 0 Å². The van der Waals surface area contributed by atoms with Gasteiger partial charge in [0.25, 0.3) is 0 Å². The van der Waals surface area contributed by atoms with Gasteiger partial charge in [0.1, 0.15) is 0 Å². The van der Waals surface area contributed by atoms with Crippen molar-refractivity contribution in [3.05, 3.63) is 33.8 Å². The summed E-state index contributed by atoms with van der Waals surface area (Å²) in [7, 11) is 0. The summed E-state index contributed by atoms with van der Waals surface area (Å²) in [5.74, 6) is 0. The molecule has 4 heteroatoms. The van der Waals surface area contributed by atoms with Crippen molar-refractivity contribution >= 4 is 32.7 Å². The lowest BCUT2D eigenvalue weighted by Crippen LogP contribution is -1.93. The van der Waals surface area contributed by atoms with Crippen molar-refractivity contribution in [3.8, 4) is 0 Å². The lowest BCUT2D eigenvalue weighted by Gasteiger charge is -2.02. The van der Waals surface area contributed by atoms with E-state index in [9.17, 15) is 0 Å². The van der Waals surface area contributed by atoms with Gasteiger partial charge in [0, 0.05) is 10.0 Å². The van der Waals surface area contributed by atoms with Crippen LogP contribution in [-0.2, 0) is 0 Å². The number of nitrogens with zero attached hydrogens (tertiary/aromatic N) is 1. The predicted octanol–water partition coefficient (Wildman–Crippen LogP) is 3.13. The van der Waals surface area contributed by atoms with E-state index in [1.54, 1.807) is 6.07 Å². The molecule has 0 heterocycles. The Morgan fingerprint density at radius 2 is 2.25 bits per heavy atom. The molecule has 2 nitrogen and oxygen atoms in total. The van der Waals surface area contributed by atoms with Crippen molar-refractivity contribution in [2.45, 2.75) is 6.92 Å². The molecule has 0 radical (unpaired) electrons. The molecule has 1 aromatic carbocycles. The molecule has 0 bridgehead atoms. The Morgan fingerprint density at radius 1 is 1.58 bits per heavy atom. The largest absolute Gasteiger partial charge is 0.410 e. The van der Waals surface area contributed by atoms with Gasteiger partial charge in [-0.25, -0.2) is 0 Å². The van der Waals surface area contributed by atoms with E-state index >= 15 is 0 Å². The first kappa shape index (κ1) is 9.55. The molecule has 0 unspecified atom stereocenters. The predicted molar refractivity (Wildman–Crippen MR) is 53.1 cm³/mol. The maximum atomic E-state index is 8.44. The molecule has 0 atom stereocenters. The van der Waals surface area contributed by atoms with E-state index in [-0.39, 0.29) is 5.17 Å². The first-order chi connectivity index (χ1) is 5.66. The second-order valence-corrected chi connectivity index (χ2v) is 3.48. The Balaban J connectivity index is 3.26. The number of oxime groups is 1. The van der Waals surface area contributed by atoms with Gasteiger partial charge in [-0.15, -0.1) is 0 Å². The van der Waals surface area contributed by atoms with Crippen molar-refractivity contribution in [1.29, 1.82) is 0 Å². The monoisotopic (exact) mass is 247 g/mol. The molecule has 0 saturated carbocycles. The maximum absolute atomic E-state index is 8.44. The van der Waals surface area contributed by atoms with Crippen LogP contribution < -0.4 is 0 Å². The van der Waals surface area contributed by atoms with Crippen LogP contribution in [0, 0.1) is 6.92 Å². The summed E-state index contributed by atoms with van der Waals surface area (Å²) in [5.41, 5.74) is 1.74. The van der Waals surface area contributed by atoms with Crippen LogP contribution in [0.2, 0.25) is 0 Å². The fraction of sp³-hybridized carbons (Fsp3) is 0.125. The molecule has 0 saturated heterocycles. The molecular formula is C8H7BrClNO. The normalized spacial score (nSPS) is 11.8. The second-order valence-electron chi connectivity index (χ2n) is 2.33. The van der Waals surface area contributed by atoms with Crippen LogP contribution >= 0.6 is 27.5 Å². The van der Waals surface area contributed by atoms with Crippen LogP contribution in [0.25, 0.3) is 0 Å². The third-order valence-corrected chi connectivity index (χ3v) is 2.83. The van der Waals surface area contributed by atoms with Crippen molar-refractivity contribution in [2.24, 2.45) is 5.16 Å². The minimum atomic E-state index is 0.0885. The Hall–Kier alpha value is -0.540. The highest BCUT2D eigenvalue weighted by Gasteiger charge is 2.06. The van der Waals surface area contributed by atoms with Crippen LogP contribution in [0.15, 0.2) is 27.8 Å². The van der Waals surface area contributed by atoms with Crippen LogP contribution in [0.1, 0.15) is 11.1 Å². The summed E-state index contributed by atoms with van der Waals surface area (Å²) in [4.78, 5) is 0. The van der Waals surface area contributed by atoms with Crippen molar-refractivity contribution in [1.82, 2.24) is 0 Å². The Labute approximate surface area is 84.0 Å². The van der Waals surface area contributed by atoms with Crippen LogP contribution in [0.5, 0.6) is 0 Å². The third kappa shape index (κ3) is 1.79. The van der Waals surface area contributed by atoms with Gasteiger partial charge in [-0.3, -0.25) is 0 Å². The quantitative estimate of drug-likeness (QED) is 0.462. The molecule has 0 aliphatic rings. The van der Waals surface area contributed by atoms with Gasteiger partial charge in [-0.2, -0.15) is 0 Å². The average molecular weight is 249 g/mol. The average Bonchev–Trinajstić information content (AvgIpc) is 2.08. The summed E-state index contributed by atoms with van der Waals surface area (Å²) in [5, 5.41) is 11.4. The maximum Gasteiger partial charge on any atom is 0.176 e. The first-order valence-electron chi connectivity index (χ1n) is 3.30. The number of halogens is 2. The summed E-state index contributed by atoms with van der Waals surface area (Å²) in [6.45, 7) is 1.94. The van der Waals surface area contributed by atoms with Crippen molar-refractivity contribution < 1.29 is 5.21 Å². The van der Waals surface area contributed by atoms with E-state index in [0.29, 0.717) is 5.56 Å². The Kier molecular flexibility index (Phi) is 3.12. The number of rotatable bonds is 1. The van der Waals surface area contributed by atoms with E-state index < -0.39 is 0 Å². The van der Waals surface area contributed by atoms with Gasteiger partial charge in [-0.1, -0.05) is 35.0 Å². The van der Waals surface area contributed by atoms with Gasteiger partial charge in [0.15, 0.2) is 5.17 Å². The number of aryl methyl sites for hydroxylation is 1. The fourth-order valence-corrected chi connectivity index (χ4v) is 1.58. The van der Waals surface area contributed by atoms with Gasteiger partial charge < -0.3 is 5.21 Å². The van der Waals surface area contributed by atoms with Crippen LogP contribution in [0.4, 0.5) is 0 Å². The third-order valence-electron chi connectivity index (χ3n) is 1.50.